The molecule has 0 spiro atoms. The molecule has 1 aliphatic heterocycles. The summed E-state index contributed by atoms with van der Waals surface area (Å²) in [6.45, 7) is 7.45. The molecule has 0 unspecified atom stereocenters. The molecule has 166 valence electrons. The zero-order chi connectivity index (χ0) is 21.2. The average Bonchev–Trinajstić information content (AvgIpc) is 2.73. The third kappa shape index (κ3) is 7.88. The Morgan fingerprint density at radius 2 is 1.76 bits per heavy atom. The van der Waals surface area contributed by atoms with Crippen molar-refractivity contribution in [3.8, 4) is 5.75 Å². The molecular weight excluding hydrogens is 369 g/mol. The molecule has 1 aromatic carbocycles. The number of alkyl halides is 1. The van der Waals surface area contributed by atoms with Crippen LogP contribution in [0, 0.1) is 0 Å². The Morgan fingerprint density at radius 1 is 1.07 bits per heavy atom. The largest absolute Gasteiger partial charge is 0.493 e. The molecule has 0 amide bonds. The number of aryl methyl sites for hydroxylation is 1. The number of benzene rings is 1. The van der Waals surface area contributed by atoms with E-state index >= 15 is 0 Å². The average molecular weight is 410 g/mol. The van der Waals surface area contributed by atoms with Crippen molar-refractivity contribution in [2.45, 2.75) is 90.1 Å². The molecule has 2 rings (SSSR count). The van der Waals surface area contributed by atoms with Crippen molar-refractivity contribution in [2.24, 2.45) is 0 Å². The van der Waals surface area contributed by atoms with Crippen molar-refractivity contribution in [2.75, 3.05) is 26.9 Å². The molecule has 1 aromatic rings. The summed E-state index contributed by atoms with van der Waals surface area (Å²) in [6.07, 6.45) is 9.01. The van der Waals surface area contributed by atoms with Crippen LogP contribution in [0.3, 0.4) is 0 Å². The highest BCUT2D eigenvalue weighted by Crippen LogP contribution is 2.28. The van der Waals surface area contributed by atoms with Crippen LogP contribution in [-0.2, 0) is 22.6 Å². The van der Waals surface area contributed by atoms with Gasteiger partial charge in [0.15, 0.2) is 5.79 Å². The molecule has 0 atom stereocenters. The van der Waals surface area contributed by atoms with Gasteiger partial charge in [0, 0.05) is 5.56 Å². The Hall–Kier alpha value is -1.17. The fraction of sp³-hybridized carbons (Fsp3) is 0.750. The van der Waals surface area contributed by atoms with Crippen molar-refractivity contribution >= 4 is 0 Å². The first-order chi connectivity index (χ1) is 13.9. The summed E-state index contributed by atoms with van der Waals surface area (Å²) < 4.78 is 31.1. The number of hydrogen-bond acceptors (Lipinski definition) is 4. The van der Waals surface area contributed by atoms with Crippen molar-refractivity contribution in [3.05, 3.63) is 29.3 Å². The summed E-state index contributed by atoms with van der Waals surface area (Å²) in [6, 6.07) is 5.91. The fourth-order valence-electron chi connectivity index (χ4n) is 3.60. The van der Waals surface area contributed by atoms with E-state index in [2.05, 4.69) is 12.2 Å². The number of halogens is 1. The Balaban J connectivity index is 1.83. The zero-order valence-electron chi connectivity index (χ0n) is 18.8. The lowest BCUT2D eigenvalue weighted by atomic mass is 9.91. The second kappa shape index (κ2) is 11.9. The molecule has 0 saturated carbocycles. The van der Waals surface area contributed by atoms with Gasteiger partial charge in [0.25, 0.3) is 0 Å². The molecule has 1 saturated heterocycles. The lowest BCUT2D eigenvalue weighted by Gasteiger charge is -2.43. The lowest BCUT2D eigenvalue weighted by molar-refractivity contribution is -0.271. The molecule has 0 aromatic heterocycles. The van der Waals surface area contributed by atoms with E-state index in [9.17, 15) is 4.39 Å². The predicted octanol–water partition coefficient (Wildman–Crippen LogP) is 5.57. The first kappa shape index (κ1) is 24.1. The molecule has 5 heteroatoms. The van der Waals surface area contributed by atoms with Gasteiger partial charge in [0.05, 0.1) is 25.4 Å². The quantitative estimate of drug-likeness (QED) is 0.432. The smallest absolute Gasteiger partial charge is 0.162 e. The number of hydrogen-bond donors (Lipinski definition) is 1. The van der Waals surface area contributed by atoms with Crippen LogP contribution in [0.15, 0.2) is 18.2 Å². The van der Waals surface area contributed by atoms with Crippen LogP contribution >= 0.6 is 0 Å². The van der Waals surface area contributed by atoms with Crippen LogP contribution < -0.4 is 10.1 Å². The lowest BCUT2D eigenvalue weighted by Crippen LogP contribution is -2.58. The second-order valence-corrected chi connectivity index (χ2v) is 8.70. The highest BCUT2D eigenvalue weighted by atomic mass is 19.1. The van der Waals surface area contributed by atoms with Gasteiger partial charge in [-0.1, -0.05) is 45.1 Å². The third-order valence-electron chi connectivity index (χ3n) is 5.84. The minimum absolute atomic E-state index is 0.210. The first-order valence-corrected chi connectivity index (χ1v) is 11.2. The monoisotopic (exact) mass is 409 g/mol. The zero-order valence-corrected chi connectivity index (χ0v) is 18.8. The summed E-state index contributed by atoms with van der Waals surface area (Å²) in [5, 5.41) is 3.37. The normalized spacial score (nSPS) is 18.0. The molecule has 29 heavy (non-hydrogen) atoms. The summed E-state index contributed by atoms with van der Waals surface area (Å²) in [5.74, 6) is 0.149. The van der Waals surface area contributed by atoms with Crippen LogP contribution in [0.5, 0.6) is 5.75 Å². The van der Waals surface area contributed by atoms with Gasteiger partial charge in [-0.2, -0.15) is 0 Å². The van der Waals surface area contributed by atoms with E-state index in [-0.39, 0.29) is 5.54 Å². The summed E-state index contributed by atoms with van der Waals surface area (Å²) in [4.78, 5) is 0. The number of nitrogens with one attached hydrogen (secondary N) is 1. The number of rotatable bonds is 13. The van der Waals surface area contributed by atoms with Gasteiger partial charge in [0.1, 0.15) is 12.4 Å². The van der Waals surface area contributed by atoms with E-state index in [1.165, 1.54) is 32.1 Å². The van der Waals surface area contributed by atoms with E-state index in [1.807, 2.05) is 39.1 Å². The SMILES string of the molecule is CCCCCCCCOc1ccc(CCC2(NC)COC(C)(C)OC2)cc1CF. The van der Waals surface area contributed by atoms with Gasteiger partial charge in [-0.15, -0.1) is 0 Å². The third-order valence-corrected chi connectivity index (χ3v) is 5.84. The molecule has 1 N–H and O–H groups in total. The van der Waals surface area contributed by atoms with E-state index < -0.39 is 12.5 Å². The Labute approximate surface area is 176 Å². The molecule has 0 aliphatic carbocycles. The summed E-state index contributed by atoms with van der Waals surface area (Å²) >= 11 is 0. The van der Waals surface area contributed by atoms with Crippen LogP contribution in [0.25, 0.3) is 0 Å². The summed E-state index contributed by atoms with van der Waals surface area (Å²) in [7, 11) is 1.94. The van der Waals surface area contributed by atoms with Crippen molar-refractivity contribution in [1.29, 1.82) is 0 Å². The predicted molar refractivity (Wildman–Crippen MR) is 116 cm³/mol. The topological polar surface area (TPSA) is 39.7 Å². The van der Waals surface area contributed by atoms with Gasteiger partial charge in [-0.25, -0.2) is 4.39 Å². The molecule has 1 aliphatic rings. The van der Waals surface area contributed by atoms with Gasteiger partial charge in [0.2, 0.25) is 0 Å². The van der Waals surface area contributed by atoms with Gasteiger partial charge >= 0.3 is 0 Å². The van der Waals surface area contributed by atoms with E-state index in [0.29, 0.717) is 31.1 Å². The van der Waals surface area contributed by atoms with Crippen LogP contribution in [-0.4, -0.2) is 38.2 Å². The highest BCUT2D eigenvalue weighted by molar-refractivity contribution is 5.37. The standard InChI is InChI=1S/C24H40FNO3/c1-5-6-7-8-9-10-15-27-22-12-11-20(16-21(22)17-25)13-14-24(26-4)18-28-23(2,3)29-19-24/h11-12,16,26H,5-10,13-15,17-19H2,1-4H3. The van der Waals surface area contributed by atoms with E-state index in [4.69, 9.17) is 14.2 Å². The maximum Gasteiger partial charge on any atom is 0.162 e. The molecular formula is C24H40FNO3. The second-order valence-electron chi connectivity index (χ2n) is 8.70. The molecule has 0 bridgehead atoms. The van der Waals surface area contributed by atoms with Crippen LogP contribution in [0.1, 0.15) is 76.8 Å². The van der Waals surface area contributed by atoms with Crippen LogP contribution in [0.2, 0.25) is 0 Å². The minimum Gasteiger partial charge on any atom is -0.493 e. The van der Waals surface area contributed by atoms with Crippen LogP contribution in [0.4, 0.5) is 4.39 Å². The Kier molecular flexibility index (Phi) is 9.87. The Morgan fingerprint density at radius 3 is 2.41 bits per heavy atom. The summed E-state index contributed by atoms with van der Waals surface area (Å²) in [5.41, 5.74) is 1.55. The van der Waals surface area contributed by atoms with Crippen molar-refractivity contribution < 1.29 is 18.6 Å². The molecule has 1 fully saturated rings. The Bertz CT molecular complexity index is 596. The van der Waals surface area contributed by atoms with Gasteiger partial charge < -0.3 is 19.5 Å². The number of likely N-dealkylation sites (N-methyl/N-ethyl adjacent to an activating group) is 1. The first-order valence-electron chi connectivity index (χ1n) is 11.2. The van der Waals surface area contributed by atoms with Crippen molar-refractivity contribution in [3.63, 3.8) is 0 Å². The maximum atomic E-state index is 13.6. The highest BCUT2D eigenvalue weighted by Gasteiger charge is 2.38. The molecule has 1 heterocycles. The molecule has 4 nitrogen and oxygen atoms in total. The molecule has 0 radical (unpaired) electrons. The number of ether oxygens (including phenoxy) is 3. The minimum atomic E-state index is -0.531. The maximum absolute atomic E-state index is 13.6. The van der Waals surface area contributed by atoms with Gasteiger partial charge in [-0.3, -0.25) is 0 Å². The number of unbranched alkanes of at least 4 members (excludes halogenated alkanes) is 5. The van der Waals surface area contributed by atoms with E-state index in [1.54, 1.807) is 0 Å². The van der Waals surface area contributed by atoms with Gasteiger partial charge in [-0.05, 0) is 57.9 Å². The van der Waals surface area contributed by atoms with E-state index in [0.717, 1.165) is 24.8 Å². The fourth-order valence-corrected chi connectivity index (χ4v) is 3.60. The van der Waals surface area contributed by atoms with Crippen molar-refractivity contribution in [1.82, 2.24) is 5.32 Å².